The van der Waals surface area contributed by atoms with Crippen LogP contribution in [0.25, 0.3) is 33.7 Å². The van der Waals surface area contributed by atoms with Gasteiger partial charge in [-0.15, -0.1) is 0 Å². The average Bonchev–Trinajstić information content (AvgIpc) is 3.37. The van der Waals surface area contributed by atoms with Crippen LogP contribution in [0.15, 0.2) is 47.1 Å². The van der Waals surface area contributed by atoms with Crippen molar-refractivity contribution in [2.75, 3.05) is 0 Å². The maximum Gasteiger partial charge on any atom is 0.303 e. The predicted molar refractivity (Wildman–Crippen MR) is 126 cm³/mol. The van der Waals surface area contributed by atoms with Gasteiger partial charge in [-0.25, -0.2) is 0 Å². The van der Waals surface area contributed by atoms with Gasteiger partial charge in [0.15, 0.2) is 0 Å². The van der Waals surface area contributed by atoms with Gasteiger partial charge in [-0.1, -0.05) is 35.0 Å². The van der Waals surface area contributed by atoms with Gasteiger partial charge in [0.25, 0.3) is 5.89 Å². The topological polar surface area (TPSA) is 81.1 Å². The zero-order valence-electron chi connectivity index (χ0n) is 18.4. The average molecular weight is 452 g/mol. The number of nitrogens with zero attached hydrogens (tertiary/aromatic N) is 3. The number of aromatic nitrogens is 3. The van der Waals surface area contributed by atoms with E-state index in [0.717, 1.165) is 40.4 Å². The van der Waals surface area contributed by atoms with Gasteiger partial charge in [-0.3, -0.25) is 4.79 Å². The van der Waals surface area contributed by atoms with Crippen molar-refractivity contribution in [3.05, 3.63) is 58.7 Å². The van der Waals surface area contributed by atoms with E-state index < -0.39 is 5.97 Å². The van der Waals surface area contributed by atoms with Crippen LogP contribution in [0.3, 0.4) is 0 Å². The molecule has 0 radical (unpaired) electrons. The van der Waals surface area contributed by atoms with Gasteiger partial charge in [0.1, 0.15) is 0 Å². The van der Waals surface area contributed by atoms with Gasteiger partial charge in [-0.05, 0) is 69.4 Å². The maximum absolute atomic E-state index is 10.7. The van der Waals surface area contributed by atoms with Crippen molar-refractivity contribution < 1.29 is 14.4 Å². The highest BCUT2D eigenvalue weighted by Crippen LogP contribution is 2.33. The van der Waals surface area contributed by atoms with Crippen LogP contribution in [-0.2, 0) is 11.2 Å². The van der Waals surface area contributed by atoms with Crippen LogP contribution < -0.4 is 0 Å². The number of fused-ring (bicyclic) bond motifs is 1. The van der Waals surface area contributed by atoms with Gasteiger partial charge in [0.05, 0.1) is 5.02 Å². The van der Waals surface area contributed by atoms with E-state index in [4.69, 9.17) is 21.2 Å². The summed E-state index contributed by atoms with van der Waals surface area (Å²) < 4.78 is 7.74. The summed E-state index contributed by atoms with van der Waals surface area (Å²) in [5.41, 5.74) is 5.06. The van der Waals surface area contributed by atoms with Crippen LogP contribution in [0.2, 0.25) is 5.02 Å². The van der Waals surface area contributed by atoms with Crippen molar-refractivity contribution in [3.8, 4) is 22.8 Å². The lowest BCUT2D eigenvalue weighted by Gasteiger charge is -2.09. The summed E-state index contributed by atoms with van der Waals surface area (Å²) in [6, 6.07) is 12.3. The highest BCUT2D eigenvalue weighted by molar-refractivity contribution is 6.35. The number of hydrogen-bond donors (Lipinski definition) is 1. The second-order valence-electron chi connectivity index (χ2n) is 8.32. The SMILES string of the molecule is Cc1c(CCCCC(=O)O)cccc1-c1noc(-c2ccc3c(c2)c(Cl)cn3C(C)C)n1. The van der Waals surface area contributed by atoms with E-state index in [1.807, 2.05) is 43.5 Å². The summed E-state index contributed by atoms with van der Waals surface area (Å²) >= 11 is 6.47. The van der Waals surface area contributed by atoms with Gasteiger partial charge < -0.3 is 14.2 Å². The number of rotatable bonds is 8. The molecule has 7 heteroatoms. The number of halogens is 1. The molecule has 32 heavy (non-hydrogen) atoms. The lowest BCUT2D eigenvalue weighted by molar-refractivity contribution is -0.137. The quantitative estimate of drug-likeness (QED) is 0.301. The first-order chi connectivity index (χ1) is 15.3. The van der Waals surface area contributed by atoms with Crippen LogP contribution in [0, 0.1) is 6.92 Å². The van der Waals surface area contributed by atoms with Crippen molar-refractivity contribution in [1.82, 2.24) is 14.7 Å². The summed E-state index contributed by atoms with van der Waals surface area (Å²) in [7, 11) is 0. The van der Waals surface area contributed by atoms with Crippen LogP contribution >= 0.6 is 11.6 Å². The maximum atomic E-state index is 10.7. The van der Waals surface area contributed by atoms with Crippen LogP contribution in [0.5, 0.6) is 0 Å². The number of benzene rings is 2. The smallest absolute Gasteiger partial charge is 0.303 e. The Morgan fingerprint density at radius 2 is 2.03 bits per heavy atom. The zero-order valence-corrected chi connectivity index (χ0v) is 19.2. The van der Waals surface area contributed by atoms with Crippen molar-refractivity contribution in [3.63, 3.8) is 0 Å². The van der Waals surface area contributed by atoms with E-state index in [2.05, 4.69) is 34.6 Å². The molecule has 0 aliphatic carbocycles. The molecule has 0 aliphatic rings. The molecule has 4 rings (SSSR count). The number of carboxylic acids is 1. The Bertz CT molecular complexity index is 1270. The molecule has 0 fully saturated rings. The summed E-state index contributed by atoms with van der Waals surface area (Å²) in [5.74, 6) is 0.229. The highest BCUT2D eigenvalue weighted by atomic mass is 35.5. The first kappa shape index (κ1) is 22.1. The molecular weight excluding hydrogens is 426 g/mol. The van der Waals surface area contributed by atoms with Gasteiger partial charge in [-0.2, -0.15) is 4.98 Å². The monoisotopic (exact) mass is 451 g/mol. The third-order valence-electron chi connectivity index (χ3n) is 5.79. The molecule has 1 N–H and O–H groups in total. The highest BCUT2D eigenvalue weighted by Gasteiger charge is 2.16. The summed E-state index contributed by atoms with van der Waals surface area (Å²) in [6.45, 7) is 6.28. The van der Waals surface area contributed by atoms with E-state index in [1.165, 1.54) is 5.56 Å². The molecule has 0 spiro atoms. The number of carboxylic acid groups (broad SMARTS) is 1. The minimum absolute atomic E-state index is 0.196. The number of aryl methyl sites for hydroxylation is 1. The first-order valence-electron chi connectivity index (χ1n) is 10.8. The summed E-state index contributed by atoms with van der Waals surface area (Å²) in [6.07, 6.45) is 4.45. The van der Waals surface area contributed by atoms with Gasteiger partial charge >= 0.3 is 5.97 Å². The third kappa shape index (κ3) is 4.41. The van der Waals surface area contributed by atoms with Crippen molar-refractivity contribution >= 4 is 28.5 Å². The lowest BCUT2D eigenvalue weighted by Crippen LogP contribution is -1.97. The molecule has 166 valence electrons. The zero-order chi connectivity index (χ0) is 22.8. The summed E-state index contributed by atoms with van der Waals surface area (Å²) in [5, 5.41) is 14.7. The Hall–Kier alpha value is -3.12. The molecule has 0 unspecified atom stereocenters. The number of aliphatic carboxylic acids is 1. The Morgan fingerprint density at radius 1 is 1.22 bits per heavy atom. The van der Waals surface area contributed by atoms with Crippen molar-refractivity contribution in [2.45, 2.75) is 52.5 Å². The third-order valence-corrected chi connectivity index (χ3v) is 6.09. The fourth-order valence-electron chi connectivity index (χ4n) is 4.01. The minimum Gasteiger partial charge on any atom is -0.481 e. The fraction of sp³-hybridized carbons (Fsp3) is 0.320. The standard InChI is InChI=1S/C25H26ClN3O3/c1-15(2)29-14-21(26)20-13-18(11-12-22(20)29)25-27-24(28-32-25)19-9-6-8-17(16(19)3)7-4-5-10-23(30)31/h6,8-9,11-15H,4-5,7,10H2,1-3H3,(H,30,31). The second-order valence-corrected chi connectivity index (χ2v) is 8.73. The van der Waals surface area contributed by atoms with E-state index in [0.29, 0.717) is 29.2 Å². The molecular formula is C25H26ClN3O3. The Morgan fingerprint density at radius 3 is 2.78 bits per heavy atom. The molecule has 2 aromatic heterocycles. The lowest BCUT2D eigenvalue weighted by atomic mass is 9.97. The fourth-order valence-corrected chi connectivity index (χ4v) is 4.27. The molecule has 4 aromatic rings. The van der Waals surface area contributed by atoms with Crippen LogP contribution in [0.4, 0.5) is 0 Å². The second kappa shape index (κ2) is 9.17. The number of carbonyl (C=O) groups is 1. The van der Waals surface area contributed by atoms with Gasteiger partial charge in [0, 0.05) is 40.7 Å². The molecule has 0 saturated heterocycles. The van der Waals surface area contributed by atoms with E-state index in [1.54, 1.807) is 0 Å². The Labute approximate surface area is 191 Å². The first-order valence-corrected chi connectivity index (χ1v) is 11.2. The minimum atomic E-state index is -0.755. The largest absolute Gasteiger partial charge is 0.481 e. The van der Waals surface area contributed by atoms with Crippen molar-refractivity contribution in [2.24, 2.45) is 0 Å². The van der Waals surface area contributed by atoms with E-state index in [-0.39, 0.29) is 6.42 Å². The molecule has 2 aromatic carbocycles. The number of unbranched alkanes of at least 4 members (excludes halogenated alkanes) is 1. The molecule has 6 nitrogen and oxygen atoms in total. The Balaban J connectivity index is 1.60. The number of hydrogen-bond acceptors (Lipinski definition) is 4. The van der Waals surface area contributed by atoms with E-state index in [9.17, 15) is 4.79 Å². The molecule has 0 amide bonds. The van der Waals surface area contributed by atoms with Crippen LogP contribution in [0.1, 0.15) is 50.3 Å². The normalized spacial score (nSPS) is 11.5. The molecule has 0 aliphatic heterocycles. The predicted octanol–water partition coefficient (Wildman–Crippen LogP) is 6.70. The van der Waals surface area contributed by atoms with Crippen molar-refractivity contribution in [1.29, 1.82) is 0 Å². The molecule has 0 bridgehead atoms. The van der Waals surface area contributed by atoms with Crippen LogP contribution in [-0.4, -0.2) is 25.8 Å². The van der Waals surface area contributed by atoms with E-state index >= 15 is 0 Å². The Kier molecular flexibility index (Phi) is 6.33. The molecule has 2 heterocycles. The molecule has 0 saturated carbocycles. The molecule has 0 atom stereocenters. The summed E-state index contributed by atoms with van der Waals surface area (Å²) in [4.78, 5) is 15.4. The van der Waals surface area contributed by atoms with Gasteiger partial charge in [0.2, 0.25) is 5.82 Å².